The second-order valence-electron chi connectivity index (χ2n) is 3.38. The first-order chi connectivity index (χ1) is 5.90. The summed E-state index contributed by atoms with van der Waals surface area (Å²) in [7, 11) is 0. The van der Waals surface area contributed by atoms with Crippen LogP contribution in [0.2, 0.25) is 0 Å². The second-order valence-corrected chi connectivity index (χ2v) is 3.38. The minimum atomic E-state index is 0.578. The molecule has 0 amide bonds. The summed E-state index contributed by atoms with van der Waals surface area (Å²) in [6, 6.07) is 0. The van der Waals surface area contributed by atoms with Gasteiger partial charge in [0.15, 0.2) is 5.82 Å². The third-order valence-corrected chi connectivity index (χ3v) is 2.51. The van der Waals surface area contributed by atoms with Gasteiger partial charge in [0.05, 0.1) is 0 Å². The lowest BCUT2D eigenvalue weighted by Crippen LogP contribution is -1.94. The van der Waals surface area contributed by atoms with Crippen molar-refractivity contribution in [2.24, 2.45) is 0 Å². The number of hydrogen-bond donors (Lipinski definition) is 0. The third-order valence-electron chi connectivity index (χ3n) is 2.51. The number of aromatic nitrogens is 2. The molecule has 0 atom stereocenters. The van der Waals surface area contributed by atoms with Crippen LogP contribution in [-0.4, -0.2) is 10.1 Å². The summed E-state index contributed by atoms with van der Waals surface area (Å²) in [6.45, 7) is 2.03. The number of nitrogens with zero attached hydrogens (tertiary/aromatic N) is 2. The van der Waals surface area contributed by atoms with Crippen LogP contribution < -0.4 is 0 Å². The van der Waals surface area contributed by atoms with Crippen LogP contribution in [0.15, 0.2) is 4.52 Å². The Labute approximate surface area is 72.2 Å². The third kappa shape index (κ3) is 1.36. The van der Waals surface area contributed by atoms with Crippen LogP contribution in [0.5, 0.6) is 0 Å². The molecule has 1 fully saturated rings. The molecule has 0 saturated heterocycles. The van der Waals surface area contributed by atoms with Crippen molar-refractivity contribution in [2.45, 2.75) is 44.9 Å². The molecule has 3 nitrogen and oxygen atoms in total. The summed E-state index contributed by atoms with van der Waals surface area (Å²) in [4.78, 5) is 4.33. The van der Waals surface area contributed by atoms with Crippen LogP contribution in [0.4, 0.5) is 0 Å². The molecule has 66 valence electrons. The first-order valence-corrected chi connectivity index (χ1v) is 4.72. The smallest absolute Gasteiger partial charge is 0.226 e. The Hall–Kier alpha value is -0.860. The molecule has 1 aromatic rings. The number of rotatable bonds is 2. The van der Waals surface area contributed by atoms with E-state index in [2.05, 4.69) is 10.1 Å². The average molecular weight is 166 g/mol. The van der Waals surface area contributed by atoms with Gasteiger partial charge in [-0.3, -0.25) is 0 Å². The molecule has 1 aliphatic carbocycles. The standard InChI is InChI=1S/C9H14N2O/c1-2-8-10-9(11-12-8)7-5-3-4-6-7/h7H,2-6H2,1H3. The lowest BCUT2D eigenvalue weighted by molar-refractivity contribution is 0.373. The van der Waals surface area contributed by atoms with Crippen LogP contribution in [0.25, 0.3) is 0 Å². The molecule has 0 N–H and O–H groups in total. The Morgan fingerprint density at radius 3 is 2.75 bits per heavy atom. The van der Waals surface area contributed by atoms with Gasteiger partial charge < -0.3 is 4.52 Å². The predicted molar refractivity (Wildman–Crippen MR) is 44.9 cm³/mol. The SMILES string of the molecule is CCc1nc(C2CCCC2)no1. The Morgan fingerprint density at radius 2 is 2.17 bits per heavy atom. The summed E-state index contributed by atoms with van der Waals surface area (Å²) < 4.78 is 5.07. The number of hydrogen-bond acceptors (Lipinski definition) is 3. The van der Waals surface area contributed by atoms with E-state index < -0.39 is 0 Å². The Kier molecular flexibility index (Phi) is 2.11. The molecular formula is C9H14N2O. The lowest BCUT2D eigenvalue weighted by Gasteiger charge is -1.99. The van der Waals surface area contributed by atoms with Crippen molar-refractivity contribution in [3.63, 3.8) is 0 Å². The highest BCUT2D eigenvalue weighted by Crippen LogP contribution is 2.32. The quantitative estimate of drug-likeness (QED) is 0.676. The monoisotopic (exact) mass is 166 g/mol. The van der Waals surface area contributed by atoms with E-state index in [1.807, 2.05) is 6.92 Å². The molecule has 0 aromatic carbocycles. The van der Waals surface area contributed by atoms with Crippen molar-refractivity contribution in [3.05, 3.63) is 11.7 Å². The molecule has 0 unspecified atom stereocenters. The maximum Gasteiger partial charge on any atom is 0.226 e. The van der Waals surface area contributed by atoms with Crippen molar-refractivity contribution < 1.29 is 4.52 Å². The minimum Gasteiger partial charge on any atom is -0.339 e. The van der Waals surface area contributed by atoms with E-state index in [4.69, 9.17) is 4.52 Å². The number of aryl methyl sites for hydroxylation is 1. The van der Waals surface area contributed by atoms with Gasteiger partial charge in [-0.1, -0.05) is 24.9 Å². The zero-order chi connectivity index (χ0) is 8.39. The fourth-order valence-corrected chi connectivity index (χ4v) is 1.76. The van der Waals surface area contributed by atoms with Crippen LogP contribution >= 0.6 is 0 Å². The van der Waals surface area contributed by atoms with E-state index >= 15 is 0 Å². The van der Waals surface area contributed by atoms with Crippen molar-refractivity contribution in [1.29, 1.82) is 0 Å². The molecule has 12 heavy (non-hydrogen) atoms. The second kappa shape index (κ2) is 3.25. The van der Waals surface area contributed by atoms with E-state index in [1.54, 1.807) is 0 Å². The minimum absolute atomic E-state index is 0.578. The van der Waals surface area contributed by atoms with Gasteiger partial charge in [0.25, 0.3) is 0 Å². The Morgan fingerprint density at radius 1 is 1.42 bits per heavy atom. The highest BCUT2D eigenvalue weighted by atomic mass is 16.5. The van der Waals surface area contributed by atoms with E-state index in [9.17, 15) is 0 Å². The predicted octanol–water partition coefficient (Wildman–Crippen LogP) is 2.29. The molecule has 0 aliphatic heterocycles. The molecule has 0 bridgehead atoms. The highest BCUT2D eigenvalue weighted by molar-refractivity contribution is 4.97. The molecule has 0 radical (unpaired) electrons. The molecule has 1 heterocycles. The van der Waals surface area contributed by atoms with Crippen LogP contribution in [0.3, 0.4) is 0 Å². The fourth-order valence-electron chi connectivity index (χ4n) is 1.76. The summed E-state index contributed by atoms with van der Waals surface area (Å²) >= 11 is 0. The molecule has 1 aromatic heterocycles. The molecule has 3 heteroatoms. The maximum absolute atomic E-state index is 5.07. The molecule has 1 saturated carbocycles. The Balaban J connectivity index is 2.11. The summed E-state index contributed by atoms with van der Waals surface area (Å²) in [5.74, 6) is 2.29. The van der Waals surface area contributed by atoms with Crippen molar-refractivity contribution in [3.8, 4) is 0 Å². The van der Waals surface area contributed by atoms with Crippen LogP contribution in [-0.2, 0) is 6.42 Å². The molecule has 0 spiro atoms. The summed E-state index contributed by atoms with van der Waals surface area (Å²) in [5, 5.41) is 3.98. The lowest BCUT2D eigenvalue weighted by atomic mass is 10.1. The van der Waals surface area contributed by atoms with Gasteiger partial charge in [-0.05, 0) is 12.8 Å². The van der Waals surface area contributed by atoms with E-state index in [1.165, 1.54) is 25.7 Å². The zero-order valence-corrected chi connectivity index (χ0v) is 7.42. The van der Waals surface area contributed by atoms with Gasteiger partial charge in [0.1, 0.15) is 0 Å². The first kappa shape index (κ1) is 7.77. The van der Waals surface area contributed by atoms with Gasteiger partial charge in [-0.25, -0.2) is 0 Å². The highest BCUT2D eigenvalue weighted by Gasteiger charge is 2.21. The van der Waals surface area contributed by atoms with Crippen LogP contribution in [0, 0.1) is 0 Å². The van der Waals surface area contributed by atoms with Crippen molar-refractivity contribution in [1.82, 2.24) is 10.1 Å². The zero-order valence-electron chi connectivity index (χ0n) is 7.42. The molecule has 1 aliphatic rings. The van der Waals surface area contributed by atoms with Crippen LogP contribution in [0.1, 0.15) is 50.2 Å². The van der Waals surface area contributed by atoms with Crippen molar-refractivity contribution >= 4 is 0 Å². The topological polar surface area (TPSA) is 38.9 Å². The molecular weight excluding hydrogens is 152 g/mol. The molecule has 2 rings (SSSR count). The largest absolute Gasteiger partial charge is 0.339 e. The Bertz CT molecular complexity index is 251. The van der Waals surface area contributed by atoms with E-state index in [-0.39, 0.29) is 0 Å². The van der Waals surface area contributed by atoms with E-state index in [0.29, 0.717) is 5.92 Å². The van der Waals surface area contributed by atoms with Crippen molar-refractivity contribution in [2.75, 3.05) is 0 Å². The summed E-state index contributed by atoms with van der Waals surface area (Å²) in [5.41, 5.74) is 0. The summed E-state index contributed by atoms with van der Waals surface area (Å²) in [6.07, 6.45) is 5.96. The average Bonchev–Trinajstić information content (AvgIpc) is 2.75. The maximum atomic E-state index is 5.07. The van der Waals surface area contributed by atoms with Gasteiger partial charge in [-0.2, -0.15) is 4.98 Å². The van der Waals surface area contributed by atoms with Gasteiger partial charge in [0, 0.05) is 12.3 Å². The van der Waals surface area contributed by atoms with E-state index in [0.717, 1.165) is 18.1 Å². The van der Waals surface area contributed by atoms with Gasteiger partial charge in [0.2, 0.25) is 5.89 Å². The normalized spacial score (nSPS) is 18.8. The fraction of sp³-hybridized carbons (Fsp3) is 0.778. The van der Waals surface area contributed by atoms with Gasteiger partial charge in [-0.15, -0.1) is 0 Å². The van der Waals surface area contributed by atoms with Gasteiger partial charge >= 0.3 is 0 Å². The first-order valence-electron chi connectivity index (χ1n) is 4.72.